The van der Waals surface area contributed by atoms with E-state index in [4.69, 9.17) is 0 Å². The lowest BCUT2D eigenvalue weighted by molar-refractivity contribution is -0.135. The molecule has 0 aliphatic carbocycles. The number of nitrogens with zero attached hydrogens (tertiary/aromatic N) is 2. The van der Waals surface area contributed by atoms with Gasteiger partial charge in [0.15, 0.2) is 0 Å². The molecule has 2 aliphatic rings. The van der Waals surface area contributed by atoms with Gasteiger partial charge in [0.05, 0.1) is 6.54 Å². The van der Waals surface area contributed by atoms with Crippen molar-refractivity contribution in [2.45, 2.75) is 51.0 Å². The zero-order chi connectivity index (χ0) is 17.2. The molecular weight excluding hydrogens is 310 g/mol. The molecule has 1 atom stereocenters. The summed E-state index contributed by atoms with van der Waals surface area (Å²) in [4.78, 5) is 20.7. The number of nitrogens with one attached hydrogen (secondary N) is 1. The molecule has 1 aromatic carbocycles. The van der Waals surface area contributed by atoms with Crippen molar-refractivity contribution in [2.24, 2.45) is 0 Å². The first-order valence-corrected chi connectivity index (χ1v) is 9.80. The summed E-state index contributed by atoms with van der Waals surface area (Å²) in [6.07, 6.45) is 5.86. The van der Waals surface area contributed by atoms with Gasteiger partial charge in [-0.05, 0) is 69.6 Å². The number of carbonyl (C=O) groups is 1. The van der Waals surface area contributed by atoms with E-state index in [-0.39, 0.29) is 0 Å². The third-order valence-corrected chi connectivity index (χ3v) is 6.06. The van der Waals surface area contributed by atoms with E-state index in [0.717, 1.165) is 38.9 Å². The molecule has 4 rings (SSSR count). The number of hydrogen-bond donors (Lipinski definition) is 1. The van der Waals surface area contributed by atoms with E-state index in [9.17, 15) is 4.79 Å². The Morgan fingerprint density at radius 1 is 1.12 bits per heavy atom. The van der Waals surface area contributed by atoms with Crippen LogP contribution in [0.25, 0.3) is 10.9 Å². The SMILES string of the molecule is C[C@@H]1CCCCN1C(=O)CN1CCC(c2cc3ccccc3[nH]2)CC1. The lowest BCUT2D eigenvalue weighted by Crippen LogP contribution is -2.48. The number of hydrogen-bond acceptors (Lipinski definition) is 2. The van der Waals surface area contributed by atoms with Crippen LogP contribution in [0, 0.1) is 0 Å². The Morgan fingerprint density at radius 2 is 1.92 bits per heavy atom. The van der Waals surface area contributed by atoms with E-state index < -0.39 is 0 Å². The molecule has 4 nitrogen and oxygen atoms in total. The number of H-pyrrole nitrogens is 1. The molecule has 2 aromatic rings. The molecule has 0 saturated carbocycles. The number of likely N-dealkylation sites (tertiary alicyclic amines) is 2. The minimum absolute atomic E-state index is 0.330. The first-order chi connectivity index (χ1) is 12.2. The molecule has 3 heterocycles. The van der Waals surface area contributed by atoms with Gasteiger partial charge in [-0.1, -0.05) is 18.2 Å². The van der Waals surface area contributed by atoms with Gasteiger partial charge in [0.2, 0.25) is 5.91 Å². The van der Waals surface area contributed by atoms with Crippen LogP contribution in [0.2, 0.25) is 0 Å². The summed E-state index contributed by atoms with van der Waals surface area (Å²) in [6, 6.07) is 11.2. The van der Waals surface area contributed by atoms with Crippen molar-refractivity contribution < 1.29 is 4.79 Å². The maximum Gasteiger partial charge on any atom is 0.236 e. The molecule has 0 spiro atoms. The highest BCUT2D eigenvalue weighted by atomic mass is 16.2. The molecule has 1 aromatic heterocycles. The summed E-state index contributed by atoms with van der Waals surface area (Å²) in [5, 5.41) is 1.30. The van der Waals surface area contributed by atoms with Crippen molar-refractivity contribution in [1.82, 2.24) is 14.8 Å². The second-order valence-electron chi connectivity index (χ2n) is 7.79. The second kappa shape index (κ2) is 7.20. The lowest BCUT2D eigenvalue weighted by atomic mass is 9.93. The molecule has 0 radical (unpaired) electrons. The zero-order valence-corrected chi connectivity index (χ0v) is 15.2. The molecule has 134 valence electrons. The molecule has 2 saturated heterocycles. The third kappa shape index (κ3) is 3.59. The number of rotatable bonds is 3. The summed E-state index contributed by atoms with van der Waals surface area (Å²) in [6.45, 7) is 5.79. The summed E-state index contributed by atoms with van der Waals surface area (Å²) in [5.41, 5.74) is 2.59. The van der Waals surface area contributed by atoms with Crippen LogP contribution in [0.15, 0.2) is 30.3 Å². The predicted octanol–water partition coefficient (Wildman–Crippen LogP) is 3.75. The minimum Gasteiger partial charge on any atom is -0.358 e. The number of benzene rings is 1. The highest BCUT2D eigenvalue weighted by Crippen LogP contribution is 2.30. The smallest absolute Gasteiger partial charge is 0.236 e. The zero-order valence-electron chi connectivity index (χ0n) is 15.2. The molecule has 0 bridgehead atoms. The van der Waals surface area contributed by atoms with Crippen LogP contribution in [-0.2, 0) is 4.79 Å². The van der Waals surface area contributed by atoms with Gasteiger partial charge in [-0.3, -0.25) is 9.69 Å². The Balaban J connectivity index is 1.32. The maximum absolute atomic E-state index is 12.6. The van der Waals surface area contributed by atoms with E-state index in [2.05, 4.69) is 52.0 Å². The number of aromatic amines is 1. The fourth-order valence-electron chi connectivity index (χ4n) is 4.47. The van der Waals surface area contributed by atoms with Crippen LogP contribution in [0.5, 0.6) is 0 Å². The number of aromatic nitrogens is 1. The average Bonchev–Trinajstić information content (AvgIpc) is 3.07. The van der Waals surface area contributed by atoms with Gasteiger partial charge >= 0.3 is 0 Å². The Bertz CT molecular complexity index is 697. The van der Waals surface area contributed by atoms with E-state index in [0.29, 0.717) is 24.4 Å². The van der Waals surface area contributed by atoms with Crippen LogP contribution in [0.4, 0.5) is 0 Å². The van der Waals surface area contributed by atoms with Gasteiger partial charge in [-0.25, -0.2) is 0 Å². The van der Waals surface area contributed by atoms with Crippen molar-refractivity contribution in [1.29, 1.82) is 0 Å². The highest BCUT2D eigenvalue weighted by molar-refractivity contribution is 5.80. The van der Waals surface area contributed by atoms with E-state index in [1.54, 1.807) is 0 Å². The van der Waals surface area contributed by atoms with E-state index in [1.807, 2.05) is 0 Å². The molecular formula is C21H29N3O. The van der Waals surface area contributed by atoms with Gasteiger partial charge in [0, 0.05) is 29.7 Å². The van der Waals surface area contributed by atoms with Crippen LogP contribution >= 0.6 is 0 Å². The maximum atomic E-state index is 12.6. The van der Waals surface area contributed by atoms with Crippen LogP contribution in [0.1, 0.15) is 50.6 Å². The monoisotopic (exact) mass is 339 g/mol. The second-order valence-corrected chi connectivity index (χ2v) is 7.79. The normalized spacial score (nSPS) is 23.2. The first kappa shape index (κ1) is 16.6. The summed E-state index contributed by atoms with van der Waals surface area (Å²) in [7, 11) is 0. The Labute approximate surface area is 150 Å². The average molecular weight is 339 g/mol. The van der Waals surface area contributed by atoms with Gasteiger partial charge in [0.25, 0.3) is 0 Å². The van der Waals surface area contributed by atoms with Gasteiger partial charge in [-0.15, -0.1) is 0 Å². The van der Waals surface area contributed by atoms with Crippen molar-refractivity contribution in [3.8, 4) is 0 Å². The molecule has 0 unspecified atom stereocenters. The van der Waals surface area contributed by atoms with Crippen molar-refractivity contribution in [3.05, 3.63) is 36.0 Å². The Morgan fingerprint density at radius 3 is 2.68 bits per heavy atom. The molecule has 2 fully saturated rings. The van der Waals surface area contributed by atoms with Gasteiger partial charge < -0.3 is 9.88 Å². The molecule has 1 amide bonds. The fourth-order valence-corrected chi connectivity index (χ4v) is 4.47. The quantitative estimate of drug-likeness (QED) is 0.925. The highest BCUT2D eigenvalue weighted by Gasteiger charge is 2.27. The standard InChI is InChI=1S/C21H29N3O/c1-16-6-4-5-11-24(16)21(25)15-23-12-9-17(10-13-23)20-14-18-7-2-3-8-19(18)22-20/h2-3,7-8,14,16-17,22H,4-6,9-13,15H2,1H3/t16-/m1/s1. The Kier molecular flexibility index (Phi) is 4.80. The summed E-state index contributed by atoms with van der Waals surface area (Å²) in [5.74, 6) is 0.920. The molecule has 1 N–H and O–H groups in total. The molecule has 2 aliphatic heterocycles. The topological polar surface area (TPSA) is 39.3 Å². The largest absolute Gasteiger partial charge is 0.358 e. The third-order valence-electron chi connectivity index (χ3n) is 6.06. The summed E-state index contributed by atoms with van der Waals surface area (Å²) < 4.78 is 0. The van der Waals surface area contributed by atoms with Crippen molar-refractivity contribution in [3.63, 3.8) is 0 Å². The fraction of sp³-hybridized carbons (Fsp3) is 0.571. The number of fused-ring (bicyclic) bond motifs is 1. The Hall–Kier alpha value is -1.81. The predicted molar refractivity (Wildman–Crippen MR) is 102 cm³/mol. The minimum atomic E-state index is 0.330. The number of para-hydroxylation sites is 1. The summed E-state index contributed by atoms with van der Waals surface area (Å²) >= 11 is 0. The van der Waals surface area contributed by atoms with E-state index >= 15 is 0 Å². The number of carbonyl (C=O) groups excluding carboxylic acids is 1. The van der Waals surface area contributed by atoms with Crippen molar-refractivity contribution in [2.75, 3.05) is 26.2 Å². The molecule has 25 heavy (non-hydrogen) atoms. The van der Waals surface area contributed by atoms with Crippen LogP contribution in [0.3, 0.4) is 0 Å². The number of piperidine rings is 2. The number of amides is 1. The van der Waals surface area contributed by atoms with E-state index in [1.165, 1.54) is 29.4 Å². The first-order valence-electron chi connectivity index (χ1n) is 9.80. The lowest BCUT2D eigenvalue weighted by Gasteiger charge is -2.37. The van der Waals surface area contributed by atoms with Crippen LogP contribution < -0.4 is 0 Å². The molecule has 4 heteroatoms. The van der Waals surface area contributed by atoms with Gasteiger partial charge in [-0.2, -0.15) is 0 Å². The van der Waals surface area contributed by atoms with Gasteiger partial charge in [0.1, 0.15) is 0 Å². The van der Waals surface area contributed by atoms with Crippen molar-refractivity contribution >= 4 is 16.8 Å². The van der Waals surface area contributed by atoms with Crippen LogP contribution in [-0.4, -0.2) is 52.9 Å².